The van der Waals surface area contributed by atoms with E-state index in [1.807, 2.05) is 0 Å². The van der Waals surface area contributed by atoms with Crippen molar-refractivity contribution in [3.63, 3.8) is 0 Å². The molecule has 2 aromatic rings. The summed E-state index contributed by atoms with van der Waals surface area (Å²) in [6, 6.07) is 1.69. The molecule has 0 saturated heterocycles. The third-order valence-electron chi connectivity index (χ3n) is 2.35. The van der Waals surface area contributed by atoms with Gasteiger partial charge in [0.15, 0.2) is 10.8 Å². The Morgan fingerprint density at radius 1 is 1.55 bits per heavy atom. The Hall–Kier alpha value is -1.80. The number of alkyl carbamates (subject to hydrolysis) is 1. The van der Waals surface area contributed by atoms with Crippen molar-refractivity contribution in [2.75, 3.05) is 7.11 Å². The number of nitrogens with zero attached hydrogens (tertiary/aromatic N) is 2. The Kier molecular flexibility index (Phi) is 4.46. The normalized spacial score (nSPS) is 12.2. The summed E-state index contributed by atoms with van der Waals surface area (Å²) < 4.78 is 4.35. The van der Waals surface area contributed by atoms with Gasteiger partial charge in [-0.25, -0.2) is 14.8 Å². The lowest BCUT2D eigenvalue weighted by atomic mass is 10.4. The van der Waals surface area contributed by atoms with Crippen LogP contribution < -0.4 is 5.32 Å². The van der Waals surface area contributed by atoms with Crippen LogP contribution in [0.5, 0.6) is 0 Å². The van der Waals surface area contributed by atoms with E-state index in [0.29, 0.717) is 21.3 Å². The first kappa shape index (κ1) is 14.6. The zero-order valence-corrected chi connectivity index (χ0v) is 12.2. The fourth-order valence-corrected chi connectivity index (χ4v) is 2.35. The second kappa shape index (κ2) is 6.10. The van der Waals surface area contributed by atoms with Gasteiger partial charge in [-0.3, -0.25) is 10.1 Å². The molecule has 2 heterocycles. The average molecular weight is 315 g/mol. The minimum Gasteiger partial charge on any atom is -0.453 e. The predicted molar refractivity (Wildman–Crippen MR) is 74.8 cm³/mol. The van der Waals surface area contributed by atoms with Gasteiger partial charge < -0.3 is 9.72 Å². The van der Waals surface area contributed by atoms with Crippen LogP contribution in [0.25, 0.3) is 11.2 Å². The molecular formula is C11H11ClN4O3S. The summed E-state index contributed by atoms with van der Waals surface area (Å²) in [5.74, 6) is -0.465. The molecule has 0 fully saturated rings. The Labute approximate surface area is 123 Å². The maximum absolute atomic E-state index is 11.7. The molecule has 1 atom stereocenters. The molecular weight excluding hydrogens is 304 g/mol. The van der Waals surface area contributed by atoms with Crippen molar-refractivity contribution in [2.45, 2.75) is 17.3 Å². The molecule has 0 bridgehead atoms. The number of hydrogen-bond acceptors (Lipinski definition) is 6. The topological polar surface area (TPSA) is 97.0 Å². The summed E-state index contributed by atoms with van der Waals surface area (Å²) in [7, 11) is 1.19. The molecule has 0 aliphatic rings. The van der Waals surface area contributed by atoms with E-state index < -0.39 is 17.3 Å². The van der Waals surface area contributed by atoms with Gasteiger partial charge in [-0.2, -0.15) is 0 Å². The monoisotopic (exact) mass is 314 g/mol. The van der Waals surface area contributed by atoms with Crippen molar-refractivity contribution >= 4 is 46.5 Å². The highest BCUT2D eigenvalue weighted by Gasteiger charge is 2.19. The number of amides is 2. The predicted octanol–water partition coefficient (Wildman–Crippen LogP) is 1.97. The van der Waals surface area contributed by atoms with Gasteiger partial charge in [-0.1, -0.05) is 23.4 Å². The van der Waals surface area contributed by atoms with E-state index in [4.69, 9.17) is 11.6 Å². The second-order valence-corrected chi connectivity index (χ2v) is 5.57. The van der Waals surface area contributed by atoms with E-state index in [2.05, 4.69) is 25.0 Å². The molecule has 0 radical (unpaired) electrons. The first-order valence-electron chi connectivity index (χ1n) is 5.56. The van der Waals surface area contributed by atoms with Crippen molar-refractivity contribution in [3.05, 3.63) is 17.3 Å². The number of fused-ring (bicyclic) bond motifs is 1. The van der Waals surface area contributed by atoms with Crippen molar-refractivity contribution in [1.29, 1.82) is 0 Å². The Balaban J connectivity index is 2.07. The number of carbonyl (C=O) groups excluding carboxylic acids is 2. The first-order chi connectivity index (χ1) is 9.49. The van der Waals surface area contributed by atoms with Gasteiger partial charge in [-0.15, -0.1) is 0 Å². The number of imidazole rings is 1. The van der Waals surface area contributed by atoms with Crippen molar-refractivity contribution < 1.29 is 14.3 Å². The number of aromatic amines is 1. The van der Waals surface area contributed by atoms with E-state index in [0.717, 1.165) is 0 Å². The maximum atomic E-state index is 11.7. The van der Waals surface area contributed by atoms with Crippen LogP contribution in [-0.2, 0) is 9.53 Å². The van der Waals surface area contributed by atoms with E-state index in [-0.39, 0.29) is 0 Å². The molecule has 0 aliphatic heterocycles. The summed E-state index contributed by atoms with van der Waals surface area (Å²) in [6.07, 6.45) is 0.701. The lowest BCUT2D eigenvalue weighted by molar-refractivity contribution is -0.119. The number of hydrogen-bond donors (Lipinski definition) is 2. The third-order valence-corrected chi connectivity index (χ3v) is 3.54. The van der Waals surface area contributed by atoms with Crippen LogP contribution >= 0.6 is 23.4 Å². The number of rotatable bonds is 3. The zero-order valence-electron chi connectivity index (χ0n) is 10.6. The highest BCUT2D eigenvalue weighted by atomic mass is 35.5. The van der Waals surface area contributed by atoms with Gasteiger partial charge in [0.2, 0.25) is 5.91 Å². The van der Waals surface area contributed by atoms with Gasteiger partial charge in [0.25, 0.3) is 0 Å². The lowest BCUT2D eigenvalue weighted by Gasteiger charge is -2.08. The van der Waals surface area contributed by atoms with Crippen LogP contribution in [0.3, 0.4) is 0 Å². The number of halogens is 1. The zero-order chi connectivity index (χ0) is 14.7. The highest BCUT2D eigenvalue weighted by Crippen LogP contribution is 2.23. The van der Waals surface area contributed by atoms with Crippen LogP contribution in [0.2, 0.25) is 5.02 Å². The van der Waals surface area contributed by atoms with E-state index in [1.54, 1.807) is 13.0 Å². The first-order valence-corrected chi connectivity index (χ1v) is 6.82. The number of ether oxygens (including phenoxy) is 1. The SMILES string of the molecule is COC(=O)NC(=O)[C@@H](C)Sc1nc2ncc(Cl)cc2[nH]1. The Morgan fingerprint density at radius 2 is 2.30 bits per heavy atom. The molecule has 2 aromatic heterocycles. The Morgan fingerprint density at radius 3 is 3.00 bits per heavy atom. The van der Waals surface area contributed by atoms with Crippen molar-refractivity contribution in [2.24, 2.45) is 0 Å². The number of aromatic nitrogens is 3. The van der Waals surface area contributed by atoms with E-state index in [9.17, 15) is 9.59 Å². The van der Waals surface area contributed by atoms with Crippen LogP contribution in [0.4, 0.5) is 4.79 Å². The number of H-pyrrole nitrogens is 1. The van der Waals surface area contributed by atoms with Crippen LogP contribution in [0.15, 0.2) is 17.4 Å². The number of pyridine rings is 1. The minimum absolute atomic E-state index is 0.465. The summed E-state index contributed by atoms with van der Waals surface area (Å²) in [5.41, 5.74) is 1.19. The molecule has 0 aliphatic carbocycles. The number of imide groups is 1. The molecule has 0 unspecified atom stereocenters. The lowest BCUT2D eigenvalue weighted by Crippen LogP contribution is -2.35. The highest BCUT2D eigenvalue weighted by molar-refractivity contribution is 8.00. The smallest absolute Gasteiger partial charge is 0.413 e. The molecule has 106 valence electrons. The minimum atomic E-state index is -0.791. The van der Waals surface area contributed by atoms with Gasteiger partial charge in [0.1, 0.15) is 0 Å². The van der Waals surface area contributed by atoms with E-state index >= 15 is 0 Å². The number of nitrogens with one attached hydrogen (secondary N) is 2. The summed E-state index contributed by atoms with van der Waals surface area (Å²) in [4.78, 5) is 33.9. The van der Waals surface area contributed by atoms with Gasteiger partial charge in [0, 0.05) is 6.20 Å². The quantitative estimate of drug-likeness (QED) is 0.841. The molecule has 0 aromatic carbocycles. The fraction of sp³-hybridized carbons (Fsp3) is 0.273. The van der Waals surface area contributed by atoms with Crippen molar-refractivity contribution in [3.8, 4) is 0 Å². The summed E-state index contributed by atoms with van der Waals surface area (Å²) in [5, 5.41) is 2.58. The Bertz CT molecular complexity index is 660. The number of carbonyl (C=O) groups is 2. The van der Waals surface area contributed by atoms with E-state index in [1.165, 1.54) is 25.1 Å². The molecule has 7 nitrogen and oxygen atoms in total. The molecule has 2 N–H and O–H groups in total. The molecule has 9 heteroatoms. The number of methoxy groups -OCH3 is 1. The third kappa shape index (κ3) is 3.40. The van der Waals surface area contributed by atoms with Crippen LogP contribution in [0.1, 0.15) is 6.92 Å². The molecule has 0 saturated carbocycles. The van der Waals surface area contributed by atoms with Crippen LogP contribution in [0, 0.1) is 0 Å². The van der Waals surface area contributed by atoms with Gasteiger partial charge in [-0.05, 0) is 13.0 Å². The molecule has 2 amide bonds. The van der Waals surface area contributed by atoms with Gasteiger partial charge in [0.05, 0.1) is 22.9 Å². The second-order valence-electron chi connectivity index (χ2n) is 3.81. The standard InChI is InChI=1S/C11H11ClN4O3S/c1-5(9(17)16-11(18)19-2)20-10-14-7-3-6(12)4-13-8(7)15-10/h3-5H,1-2H3,(H,13,14,15)(H,16,17,18)/t5-/m1/s1. The van der Waals surface area contributed by atoms with Crippen molar-refractivity contribution in [1.82, 2.24) is 20.3 Å². The summed E-state index contributed by atoms with van der Waals surface area (Å²) >= 11 is 6.99. The largest absolute Gasteiger partial charge is 0.453 e. The number of thioether (sulfide) groups is 1. The average Bonchev–Trinajstić information content (AvgIpc) is 2.79. The maximum Gasteiger partial charge on any atom is 0.413 e. The molecule has 2 rings (SSSR count). The summed E-state index contributed by atoms with van der Waals surface area (Å²) in [6.45, 7) is 1.65. The molecule has 20 heavy (non-hydrogen) atoms. The van der Waals surface area contributed by atoms with Gasteiger partial charge >= 0.3 is 6.09 Å². The van der Waals surface area contributed by atoms with Crippen LogP contribution in [-0.4, -0.2) is 39.3 Å². The fourth-order valence-electron chi connectivity index (χ4n) is 1.38. The molecule has 0 spiro atoms.